The first-order valence-corrected chi connectivity index (χ1v) is 5.50. The van der Waals surface area contributed by atoms with Crippen LogP contribution in [0.15, 0.2) is 0 Å². The zero-order valence-electron chi connectivity index (χ0n) is 10.9. The largest absolute Gasteiger partial charge is 0.444 e. The highest BCUT2D eigenvalue weighted by atomic mass is 16.6. The van der Waals surface area contributed by atoms with Crippen molar-refractivity contribution in [2.24, 2.45) is 17.1 Å². The third-order valence-electron chi connectivity index (χ3n) is 2.18. The highest BCUT2D eigenvalue weighted by Crippen LogP contribution is 2.30. The molecular weight excluding hydrogens is 190 g/mol. The van der Waals surface area contributed by atoms with Crippen molar-refractivity contribution in [3.63, 3.8) is 0 Å². The van der Waals surface area contributed by atoms with Crippen molar-refractivity contribution < 1.29 is 9.53 Å². The summed E-state index contributed by atoms with van der Waals surface area (Å²) in [6.07, 6.45) is 1.26. The van der Waals surface area contributed by atoms with Gasteiger partial charge in [0, 0.05) is 0 Å². The van der Waals surface area contributed by atoms with Crippen LogP contribution in [0.5, 0.6) is 0 Å². The zero-order valence-corrected chi connectivity index (χ0v) is 10.9. The van der Waals surface area contributed by atoms with Gasteiger partial charge in [-0.3, -0.25) is 0 Å². The van der Waals surface area contributed by atoms with E-state index in [2.05, 4.69) is 27.7 Å². The number of hydrogen-bond acceptors (Lipinski definition) is 2. The summed E-state index contributed by atoms with van der Waals surface area (Å²) in [4.78, 5) is 10.7. The number of nitrogens with two attached hydrogens (primary N) is 1. The third-order valence-corrected chi connectivity index (χ3v) is 2.18. The smallest absolute Gasteiger partial charge is 0.405 e. The predicted molar refractivity (Wildman–Crippen MR) is 62.6 cm³/mol. The fraction of sp³-hybridized carbons (Fsp3) is 0.917. The molecule has 0 saturated heterocycles. The first-order chi connectivity index (χ1) is 6.52. The van der Waals surface area contributed by atoms with E-state index in [4.69, 9.17) is 10.5 Å². The van der Waals surface area contributed by atoms with Crippen molar-refractivity contribution in [2.45, 2.75) is 60.0 Å². The quantitative estimate of drug-likeness (QED) is 0.782. The molecule has 0 aliphatic carbocycles. The molecule has 0 heterocycles. The first-order valence-electron chi connectivity index (χ1n) is 5.50. The van der Waals surface area contributed by atoms with Crippen LogP contribution in [0.4, 0.5) is 4.79 Å². The summed E-state index contributed by atoms with van der Waals surface area (Å²) in [7, 11) is 0. The summed E-state index contributed by atoms with van der Waals surface area (Å²) in [6.45, 7) is 12.6. The van der Waals surface area contributed by atoms with Crippen LogP contribution >= 0.6 is 0 Å². The first kappa shape index (κ1) is 14.3. The molecule has 3 heteroatoms. The van der Waals surface area contributed by atoms with Gasteiger partial charge in [-0.2, -0.15) is 0 Å². The highest BCUT2D eigenvalue weighted by molar-refractivity contribution is 5.65. The molecule has 0 rings (SSSR count). The molecule has 1 amide bonds. The van der Waals surface area contributed by atoms with Crippen LogP contribution in [0.2, 0.25) is 0 Å². The molecule has 0 radical (unpaired) electrons. The molecule has 0 aliphatic heterocycles. The van der Waals surface area contributed by atoms with Gasteiger partial charge < -0.3 is 10.5 Å². The molecule has 0 aliphatic rings. The molecule has 2 N–H and O–H groups in total. The summed E-state index contributed by atoms with van der Waals surface area (Å²) in [5, 5.41) is 0. The maximum Gasteiger partial charge on any atom is 0.405 e. The molecule has 0 bridgehead atoms. The summed E-state index contributed by atoms with van der Waals surface area (Å²) in [5.41, 5.74) is 4.87. The van der Waals surface area contributed by atoms with Gasteiger partial charge in [-0.1, -0.05) is 27.7 Å². The van der Waals surface area contributed by atoms with Crippen LogP contribution < -0.4 is 5.73 Å². The van der Waals surface area contributed by atoms with Crippen molar-refractivity contribution in [1.29, 1.82) is 0 Å². The van der Waals surface area contributed by atoms with Gasteiger partial charge in [-0.25, -0.2) is 4.79 Å². The normalized spacial score (nSPS) is 14.8. The second-order valence-corrected chi connectivity index (χ2v) is 6.25. The van der Waals surface area contributed by atoms with E-state index in [9.17, 15) is 4.79 Å². The summed E-state index contributed by atoms with van der Waals surface area (Å²) in [5.74, 6) is 0.513. The average molecular weight is 215 g/mol. The van der Waals surface area contributed by atoms with Crippen LogP contribution in [0, 0.1) is 11.3 Å². The minimum absolute atomic E-state index is 0.308. The monoisotopic (exact) mass is 215 g/mol. The van der Waals surface area contributed by atoms with Crippen LogP contribution in [0.3, 0.4) is 0 Å². The van der Waals surface area contributed by atoms with E-state index in [0.29, 0.717) is 11.3 Å². The van der Waals surface area contributed by atoms with Gasteiger partial charge in [0.05, 0.1) is 0 Å². The number of primary amides is 1. The predicted octanol–water partition coefficient (Wildman–Crippen LogP) is 3.32. The molecular formula is C12H25NO2. The van der Waals surface area contributed by atoms with Gasteiger partial charge >= 0.3 is 6.09 Å². The number of ether oxygens (including phenoxy) is 1. The lowest BCUT2D eigenvalue weighted by atomic mass is 9.81. The van der Waals surface area contributed by atoms with Crippen molar-refractivity contribution in [3.05, 3.63) is 0 Å². The van der Waals surface area contributed by atoms with Gasteiger partial charge in [0.2, 0.25) is 0 Å². The molecule has 15 heavy (non-hydrogen) atoms. The Labute approximate surface area is 93.4 Å². The van der Waals surface area contributed by atoms with E-state index in [1.165, 1.54) is 0 Å². The highest BCUT2D eigenvalue weighted by Gasteiger charge is 2.26. The second kappa shape index (κ2) is 4.86. The molecule has 1 atom stereocenters. The van der Waals surface area contributed by atoms with Crippen LogP contribution in [0.1, 0.15) is 54.4 Å². The number of rotatable bonds is 4. The Balaban J connectivity index is 4.15. The summed E-state index contributed by atoms with van der Waals surface area (Å²) >= 11 is 0. The van der Waals surface area contributed by atoms with E-state index >= 15 is 0 Å². The minimum Gasteiger partial charge on any atom is -0.444 e. The number of carbonyl (C=O) groups is 1. The molecule has 0 spiro atoms. The second-order valence-electron chi connectivity index (χ2n) is 6.25. The van der Waals surface area contributed by atoms with Gasteiger partial charge in [0.25, 0.3) is 0 Å². The van der Waals surface area contributed by atoms with Crippen LogP contribution in [0.25, 0.3) is 0 Å². The zero-order chi connectivity index (χ0) is 12.3. The van der Waals surface area contributed by atoms with E-state index in [1.54, 1.807) is 0 Å². The van der Waals surface area contributed by atoms with Gasteiger partial charge in [-0.05, 0) is 38.0 Å². The van der Waals surface area contributed by atoms with Crippen molar-refractivity contribution in [1.82, 2.24) is 0 Å². The molecule has 0 fully saturated rings. The molecule has 90 valence electrons. The lowest BCUT2D eigenvalue weighted by Crippen LogP contribution is -2.33. The number of amides is 1. The molecule has 3 nitrogen and oxygen atoms in total. The Hall–Kier alpha value is -0.730. The maximum atomic E-state index is 10.7. The lowest BCUT2D eigenvalue weighted by Gasteiger charge is -2.30. The Morgan fingerprint density at radius 3 is 2.00 bits per heavy atom. The Morgan fingerprint density at radius 1 is 1.20 bits per heavy atom. The van der Waals surface area contributed by atoms with Crippen molar-refractivity contribution in [2.75, 3.05) is 0 Å². The van der Waals surface area contributed by atoms with Gasteiger partial charge in [-0.15, -0.1) is 0 Å². The molecule has 0 aromatic heterocycles. The maximum absolute atomic E-state index is 10.7. The molecule has 0 aromatic carbocycles. The fourth-order valence-electron chi connectivity index (χ4n) is 2.27. The lowest BCUT2D eigenvalue weighted by molar-refractivity contribution is 0.0241. The molecule has 0 unspecified atom stereocenters. The minimum atomic E-state index is -0.692. The Bertz CT molecular complexity index is 216. The Morgan fingerprint density at radius 2 is 1.67 bits per heavy atom. The van der Waals surface area contributed by atoms with Gasteiger partial charge in [0.1, 0.15) is 5.60 Å². The average Bonchev–Trinajstić information content (AvgIpc) is 1.73. The van der Waals surface area contributed by atoms with E-state index < -0.39 is 11.7 Å². The van der Waals surface area contributed by atoms with Gasteiger partial charge in [0.15, 0.2) is 0 Å². The van der Waals surface area contributed by atoms with Crippen LogP contribution in [-0.2, 0) is 4.74 Å². The standard InChI is InChI=1S/C12H25NO2/c1-9(7-11(2,3)4)8-12(5,6)15-10(13)14/h9H,7-8H2,1-6H3,(H2,13,14)/t9-/m1/s1. The van der Waals surface area contributed by atoms with E-state index in [1.807, 2.05) is 13.8 Å². The SMILES string of the molecule is C[C@H](CC(C)(C)C)CC(C)(C)OC(N)=O. The fourth-order valence-corrected chi connectivity index (χ4v) is 2.27. The molecule has 0 aromatic rings. The third kappa shape index (κ3) is 8.28. The van der Waals surface area contributed by atoms with Crippen molar-refractivity contribution in [3.8, 4) is 0 Å². The number of hydrogen-bond donors (Lipinski definition) is 1. The Kier molecular flexibility index (Phi) is 4.63. The molecule has 0 saturated carbocycles. The van der Waals surface area contributed by atoms with E-state index in [0.717, 1.165) is 12.8 Å². The van der Waals surface area contributed by atoms with Crippen LogP contribution in [-0.4, -0.2) is 11.7 Å². The van der Waals surface area contributed by atoms with Crippen molar-refractivity contribution >= 4 is 6.09 Å². The topological polar surface area (TPSA) is 52.3 Å². The number of carbonyl (C=O) groups excluding carboxylic acids is 1. The van der Waals surface area contributed by atoms with E-state index in [-0.39, 0.29) is 0 Å². The summed E-state index contributed by atoms with van der Waals surface area (Å²) < 4.78 is 5.06. The summed E-state index contributed by atoms with van der Waals surface area (Å²) in [6, 6.07) is 0.